The largest absolute Gasteiger partial charge is 0.497 e. The Morgan fingerprint density at radius 3 is 2.39 bits per heavy atom. The molecule has 2 aromatic heterocycles. The molecule has 3 aromatic rings. The third kappa shape index (κ3) is 6.41. The Labute approximate surface area is 199 Å². The zero-order valence-corrected chi connectivity index (χ0v) is 20.1. The van der Waals surface area contributed by atoms with Gasteiger partial charge in [-0.2, -0.15) is 0 Å². The van der Waals surface area contributed by atoms with Gasteiger partial charge in [0.1, 0.15) is 22.8 Å². The van der Waals surface area contributed by atoms with Gasteiger partial charge in [0.15, 0.2) is 0 Å². The van der Waals surface area contributed by atoms with E-state index in [-0.39, 0.29) is 6.61 Å². The zero-order valence-electron chi connectivity index (χ0n) is 19.4. The molecule has 0 radical (unpaired) electrons. The summed E-state index contributed by atoms with van der Waals surface area (Å²) in [5.41, 5.74) is 2.97. The number of nitrogens with zero attached hydrogens (tertiary/aromatic N) is 3. The number of nitrogens with one attached hydrogen (secondary N) is 2. The number of aromatic nitrogens is 2. The van der Waals surface area contributed by atoms with E-state index in [1.807, 2.05) is 43.3 Å². The summed E-state index contributed by atoms with van der Waals surface area (Å²) < 4.78 is 10.8. The number of benzene rings is 1. The first kappa shape index (κ1) is 26.1. The van der Waals surface area contributed by atoms with Crippen molar-refractivity contribution in [2.45, 2.75) is 6.42 Å². The number of methoxy groups -OCH3 is 2. The Kier molecular flexibility index (Phi) is 10.1. The minimum atomic E-state index is 0.0385. The molecule has 3 N–H and O–H groups in total. The number of ether oxygens (including phenoxy) is 2. The molecule has 0 aliphatic rings. The maximum atomic E-state index is 9.39. The molecule has 0 saturated carbocycles. The Morgan fingerprint density at radius 1 is 1.21 bits per heavy atom. The van der Waals surface area contributed by atoms with Crippen LogP contribution in [0.2, 0.25) is 5.02 Å². The van der Waals surface area contributed by atoms with Gasteiger partial charge in [-0.1, -0.05) is 18.2 Å². The Morgan fingerprint density at radius 2 is 1.85 bits per heavy atom. The second-order valence-corrected chi connectivity index (χ2v) is 7.37. The van der Waals surface area contributed by atoms with Crippen LogP contribution in [0.5, 0.6) is 11.5 Å². The molecule has 0 aliphatic carbocycles. The maximum Gasteiger partial charge on any atom is 0.133 e. The van der Waals surface area contributed by atoms with Crippen molar-refractivity contribution in [1.82, 2.24) is 15.3 Å². The highest BCUT2D eigenvalue weighted by Crippen LogP contribution is 2.34. The molecule has 1 aromatic carbocycles. The van der Waals surface area contributed by atoms with Gasteiger partial charge >= 0.3 is 0 Å². The summed E-state index contributed by atoms with van der Waals surface area (Å²) in [4.78, 5) is 11.1. The fraction of sp³-hybridized carbons (Fsp3) is 0.292. The third-order valence-electron chi connectivity index (χ3n) is 4.62. The van der Waals surface area contributed by atoms with Gasteiger partial charge in [-0.15, -0.1) is 0 Å². The summed E-state index contributed by atoms with van der Waals surface area (Å²) in [7, 11) is 6.93. The summed E-state index contributed by atoms with van der Waals surface area (Å²) in [6.07, 6.45) is 3.26. The van der Waals surface area contributed by atoms with Crippen LogP contribution in [0, 0.1) is 5.41 Å². The predicted molar refractivity (Wildman–Crippen MR) is 136 cm³/mol. The van der Waals surface area contributed by atoms with Crippen LogP contribution in [0.3, 0.4) is 0 Å². The van der Waals surface area contributed by atoms with Crippen LogP contribution in [0.4, 0.5) is 11.5 Å². The van der Waals surface area contributed by atoms with Crippen LogP contribution in [0.1, 0.15) is 12.0 Å². The molecule has 0 amide bonds. The van der Waals surface area contributed by atoms with Crippen molar-refractivity contribution >= 4 is 45.9 Å². The van der Waals surface area contributed by atoms with Crippen molar-refractivity contribution in [2.75, 3.05) is 46.4 Å². The van der Waals surface area contributed by atoms with Gasteiger partial charge in [-0.25, -0.2) is 4.98 Å². The molecule has 2 heterocycles. The van der Waals surface area contributed by atoms with Crippen molar-refractivity contribution in [3.63, 3.8) is 0 Å². The van der Waals surface area contributed by atoms with Crippen molar-refractivity contribution in [1.29, 1.82) is 5.41 Å². The molecule has 0 aliphatic heterocycles. The molecule has 0 spiro atoms. The molecule has 176 valence electrons. The molecule has 0 fully saturated rings. The number of hydrogen-bond donors (Lipinski definition) is 3. The monoisotopic (exact) mass is 471 g/mol. The first-order valence-electron chi connectivity index (χ1n) is 10.3. The molecular weight excluding hydrogens is 442 g/mol. The molecule has 33 heavy (non-hydrogen) atoms. The zero-order chi connectivity index (χ0) is 24.4. The number of aliphatic hydroxyl groups is 1. The van der Waals surface area contributed by atoms with E-state index in [0.29, 0.717) is 57.5 Å². The molecule has 0 unspecified atom stereocenters. The van der Waals surface area contributed by atoms with Gasteiger partial charge in [-0.3, -0.25) is 4.98 Å². The van der Waals surface area contributed by atoms with Crippen LogP contribution in [-0.4, -0.2) is 62.8 Å². The van der Waals surface area contributed by atoms with Crippen LogP contribution < -0.4 is 19.7 Å². The van der Waals surface area contributed by atoms with Crippen molar-refractivity contribution in [3.8, 4) is 11.5 Å². The molecule has 0 bridgehead atoms. The lowest BCUT2D eigenvalue weighted by molar-refractivity contribution is 0.290. The first-order chi connectivity index (χ1) is 15.9. The second-order valence-electron chi connectivity index (χ2n) is 6.99. The molecule has 0 saturated heterocycles. The number of hydrogen-bond acceptors (Lipinski definition) is 8. The molecule has 9 heteroatoms. The SMILES string of the molecule is C=C(C=N)c1cnc2ccc(N(CCCO)c3cc(OC)cc(OC)c3)nc2c1Cl.CNC. The lowest BCUT2D eigenvalue weighted by atomic mass is 10.1. The topological polar surface area (TPSA) is 104 Å². The van der Waals surface area contributed by atoms with Crippen LogP contribution in [0.15, 0.2) is 43.1 Å². The summed E-state index contributed by atoms with van der Waals surface area (Å²) in [5.74, 6) is 1.92. The van der Waals surface area contributed by atoms with E-state index in [0.717, 1.165) is 11.9 Å². The smallest absolute Gasteiger partial charge is 0.133 e. The van der Waals surface area contributed by atoms with E-state index in [9.17, 15) is 5.11 Å². The minimum absolute atomic E-state index is 0.0385. The maximum absolute atomic E-state index is 9.39. The minimum Gasteiger partial charge on any atom is -0.497 e. The van der Waals surface area contributed by atoms with Crippen molar-refractivity contribution in [2.24, 2.45) is 0 Å². The van der Waals surface area contributed by atoms with E-state index in [2.05, 4.69) is 16.9 Å². The normalized spacial score (nSPS) is 10.2. The highest BCUT2D eigenvalue weighted by Gasteiger charge is 2.16. The van der Waals surface area contributed by atoms with Crippen LogP contribution >= 0.6 is 11.6 Å². The Bertz CT molecular complexity index is 1080. The van der Waals surface area contributed by atoms with Gasteiger partial charge in [0.25, 0.3) is 0 Å². The number of fused-ring (bicyclic) bond motifs is 1. The highest BCUT2D eigenvalue weighted by atomic mass is 35.5. The second kappa shape index (κ2) is 12.7. The van der Waals surface area contributed by atoms with E-state index in [4.69, 9.17) is 31.5 Å². The van der Waals surface area contributed by atoms with Crippen molar-refractivity contribution in [3.05, 3.63) is 53.7 Å². The van der Waals surface area contributed by atoms with Gasteiger partial charge in [0, 0.05) is 55.0 Å². The lowest BCUT2D eigenvalue weighted by Gasteiger charge is -2.25. The van der Waals surface area contributed by atoms with E-state index in [1.165, 1.54) is 0 Å². The van der Waals surface area contributed by atoms with Gasteiger partial charge in [0.05, 0.1) is 24.8 Å². The van der Waals surface area contributed by atoms with E-state index >= 15 is 0 Å². The lowest BCUT2D eigenvalue weighted by Crippen LogP contribution is -2.20. The Balaban J connectivity index is 0.00000122. The summed E-state index contributed by atoms with van der Waals surface area (Å²) in [6.45, 7) is 4.39. The summed E-state index contributed by atoms with van der Waals surface area (Å²) in [5, 5.41) is 20.0. The first-order valence-corrected chi connectivity index (χ1v) is 10.7. The van der Waals surface area contributed by atoms with Crippen molar-refractivity contribution < 1.29 is 14.6 Å². The van der Waals surface area contributed by atoms with Gasteiger partial charge in [-0.05, 0) is 38.2 Å². The van der Waals surface area contributed by atoms with Crippen LogP contribution in [0.25, 0.3) is 16.6 Å². The number of halogens is 1. The average Bonchev–Trinajstić information content (AvgIpc) is 2.84. The fourth-order valence-corrected chi connectivity index (χ4v) is 3.34. The number of anilines is 2. The highest BCUT2D eigenvalue weighted by molar-refractivity contribution is 6.37. The quantitative estimate of drug-likeness (QED) is 0.399. The predicted octanol–water partition coefficient (Wildman–Crippen LogP) is 4.32. The van der Waals surface area contributed by atoms with Crippen LogP contribution in [-0.2, 0) is 0 Å². The fourth-order valence-electron chi connectivity index (χ4n) is 3.03. The third-order valence-corrected chi connectivity index (χ3v) is 5.00. The van der Waals surface area contributed by atoms with Gasteiger partial charge < -0.3 is 30.2 Å². The Hall–Kier alpha value is -3.20. The van der Waals surface area contributed by atoms with Gasteiger partial charge in [0.2, 0.25) is 0 Å². The van der Waals surface area contributed by atoms with E-state index in [1.54, 1.807) is 26.5 Å². The number of pyridine rings is 2. The molecule has 3 rings (SSSR count). The average molecular weight is 472 g/mol. The summed E-state index contributed by atoms with van der Waals surface area (Å²) >= 11 is 6.57. The molecular formula is C24H30ClN5O3. The molecule has 0 atom stereocenters. The number of allylic oxidation sites excluding steroid dienone is 1. The van der Waals surface area contributed by atoms with E-state index < -0.39 is 0 Å². The summed E-state index contributed by atoms with van der Waals surface area (Å²) in [6, 6.07) is 9.22. The number of aliphatic hydroxyl groups excluding tert-OH is 1. The molecule has 8 nitrogen and oxygen atoms in total. The standard InChI is InChI=1S/C22H23ClN4O3.C2H7N/c1-14(12-24)18-13-25-19-5-6-20(26-22(19)21(18)23)27(7-4-8-28)15-9-16(29-2)11-17(10-15)30-3;1-3-2/h5-6,9-13,24,28H,1,4,7-8H2,2-3H3;3H,1-2H3. The number of rotatable bonds is 9.